The number of hydrogen-bond donors (Lipinski definition) is 1. The maximum absolute atomic E-state index is 11.6. The molecule has 0 aromatic heterocycles. The van der Waals surface area contributed by atoms with Crippen LogP contribution in [0.2, 0.25) is 0 Å². The van der Waals surface area contributed by atoms with E-state index in [-0.39, 0.29) is 6.09 Å². The number of nitrogens with one attached hydrogen (secondary N) is 1. The van der Waals surface area contributed by atoms with Gasteiger partial charge in [-0.3, -0.25) is 0 Å². The first-order chi connectivity index (χ1) is 10.9. The average Bonchev–Trinajstić information content (AvgIpc) is 2.47. The van der Waals surface area contributed by atoms with Gasteiger partial charge in [-0.2, -0.15) is 0 Å². The molecule has 0 fully saturated rings. The lowest BCUT2D eigenvalue weighted by Crippen LogP contribution is -2.32. The monoisotopic (exact) mass is 311 g/mol. The Balaban J connectivity index is 1.94. The zero-order valence-corrected chi connectivity index (χ0v) is 14.3. The van der Waals surface area contributed by atoms with Gasteiger partial charge in [0.25, 0.3) is 0 Å². The summed E-state index contributed by atoms with van der Waals surface area (Å²) >= 11 is 0. The number of hydrogen-bond acceptors (Lipinski definition) is 2. The molecule has 0 radical (unpaired) electrons. The molecule has 122 valence electrons. The van der Waals surface area contributed by atoms with Crippen molar-refractivity contribution in [3.63, 3.8) is 0 Å². The molecule has 0 atom stereocenters. The van der Waals surface area contributed by atoms with E-state index in [0.717, 1.165) is 6.42 Å². The van der Waals surface area contributed by atoms with Crippen LogP contribution in [0.15, 0.2) is 42.5 Å². The number of carbonyl (C=O) groups excluding carboxylic acids is 1. The normalized spacial score (nSPS) is 11.8. The SMILES string of the molecule is Cc1ccc2ccccc2c1C=CCCNC(=O)OC(C)(C)C. The van der Waals surface area contributed by atoms with Crippen molar-refractivity contribution in [2.45, 2.75) is 39.7 Å². The zero-order chi connectivity index (χ0) is 16.9. The van der Waals surface area contributed by atoms with Crippen molar-refractivity contribution in [2.24, 2.45) is 0 Å². The van der Waals surface area contributed by atoms with E-state index < -0.39 is 5.60 Å². The quantitative estimate of drug-likeness (QED) is 0.800. The van der Waals surface area contributed by atoms with E-state index in [1.165, 1.54) is 21.9 Å². The lowest BCUT2D eigenvalue weighted by Gasteiger charge is -2.19. The standard InChI is InChI=1S/C20H25NO2/c1-15-12-13-16-9-5-6-11-18(16)17(15)10-7-8-14-21-19(22)23-20(2,3)4/h5-7,9-13H,8,14H2,1-4H3,(H,21,22). The summed E-state index contributed by atoms with van der Waals surface area (Å²) in [7, 11) is 0. The highest BCUT2D eigenvalue weighted by Crippen LogP contribution is 2.23. The summed E-state index contributed by atoms with van der Waals surface area (Å²) in [6.45, 7) is 8.25. The van der Waals surface area contributed by atoms with Gasteiger partial charge in [-0.1, -0.05) is 48.6 Å². The second-order valence-electron chi connectivity index (χ2n) is 6.64. The summed E-state index contributed by atoms with van der Waals surface area (Å²) in [4.78, 5) is 11.6. The number of rotatable bonds is 4. The van der Waals surface area contributed by atoms with Gasteiger partial charge in [-0.05, 0) is 56.0 Å². The predicted molar refractivity (Wildman–Crippen MR) is 96.6 cm³/mol. The van der Waals surface area contributed by atoms with Crippen molar-refractivity contribution < 1.29 is 9.53 Å². The molecule has 0 saturated heterocycles. The van der Waals surface area contributed by atoms with Crippen LogP contribution in [0.5, 0.6) is 0 Å². The molecular weight excluding hydrogens is 286 g/mol. The molecule has 0 spiro atoms. The molecule has 23 heavy (non-hydrogen) atoms. The van der Waals surface area contributed by atoms with E-state index in [4.69, 9.17) is 4.74 Å². The fraction of sp³-hybridized carbons (Fsp3) is 0.350. The van der Waals surface area contributed by atoms with E-state index in [2.05, 4.69) is 60.8 Å². The van der Waals surface area contributed by atoms with Crippen LogP contribution in [0.3, 0.4) is 0 Å². The molecule has 2 rings (SSSR count). The summed E-state index contributed by atoms with van der Waals surface area (Å²) in [5.41, 5.74) is 2.03. The fourth-order valence-corrected chi connectivity index (χ4v) is 2.40. The zero-order valence-electron chi connectivity index (χ0n) is 14.3. The van der Waals surface area contributed by atoms with E-state index >= 15 is 0 Å². The number of carbonyl (C=O) groups is 1. The smallest absolute Gasteiger partial charge is 0.407 e. The Bertz CT molecular complexity index is 711. The molecule has 2 aromatic carbocycles. The third-order valence-electron chi connectivity index (χ3n) is 3.45. The number of benzene rings is 2. The van der Waals surface area contributed by atoms with Gasteiger partial charge in [0.05, 0.1) is 0 Å². The molecular formula is C20H25NO2. The van der Waals surface area contributed by atoms with Crippen molar-refractivity contribution in [2.75, 3.05) is 6.54 Å². The van der Waals surface area contributed by atoms with Crippen LogP contribution in [0, 0.1) is 6.92 Å². The van der Waals surface area contributed by atoms with Crippen molar-refractivity contribution in [3.05, 3.63) is 53.6 Å². The Hall–Kier alpha value is -2.29. The lowest BCUT2D eigenvalue weighted by molar-refractivity contribution is 0.0529. The minimum atomic E-state index is -0.458. The van der Waals surface area contributed by atoms with Crippen LogP contribution in [0.25, 0.3) is 16.8 Å². The first kappa shape index (κ1) is 17.1. The van der Waals surface area contributed by atoms with Crippen molar-refractivity contribution in [1.82, 2.24) is 5.32 Å². The molecule has 3 nitrogen and oxygen atoms in total. The topological polar surface area (TPSA) is 38.3 Å². The highest BCUT2D eigenvalue weighted by molar-refractivity contribution is 5.91. The van der Waals surface area contributed by atoms with Gasteiger partial charge in [0.15, 0.2) is 0 Å². The van der Waals surface area contributed by atoms with E-state index in [9.17, 15) is 4.79 Å². The van der Waals surface area contributed by atoms with Gasteiger partial charge in [-0.15, -0.1) is 0 Å². The molecule has 0 aliphatic carbocycles. The third kappa shape index (κ3) is 5.13. The first-order valence-electron chi connectivity index (χ1n) is 7.98. The second-order valence-corrected chi connectivity index (χ2v) is 6.64. The Morgan fingerprint density at radius 1 is 1.17 bits per heavy atom. The second kappa shape index (κ2) is 7.32. The van der Waals surface area contributed by atoms with Crippen LogP contribution in [0.4, 0.5) is 4.79 Å². The van der Waals surface area contributed by atoms with Crippen molar-refractivity contribution in [3.8, 4) is 0 Å². The number of amides is 1. The van der Waals surface area contributed by atoms with E-state index in [0.29, 0.717) is 6.54 Å². The molecule has 0 saturated carbocycles. The van der Waals surface area contributed by atoms with E-state index in [1.54, 1.807) is 0 Å². The largest absolute Gasteiger partial charge is 0.444 e. The van der Waals surface area contributed by atoms with Gasteiger partial charge in [0, 0.05) is 6.54 Å². The summed E-state index contributed by atoms with van der Waals surface area (Å²) in [6, 6.07) is 12.7. The highest BCUT2D eigenvalue weighted by Gasteiger charge is 2.15. The van der Waals surface area contributed by atoms with Crippen molar-refractivity contribution >= 4 is 22.9 Å². The third-order valence-corrected chi connectivity index (χ3v) is 3.45. The maximum atomic E-state index is 11.6. The Kier molecular flexibility index (Phi) is 5.43. The number of alkyl carbamates (subject to hydrolysis) is 1. The molecule has 0 bridgehead atoms. The Morgan fingerprint density at radius 2 is 1.91 bits per heavy atom. The minimum absolute atomic E-state index is 0.368. The molecule has 0 aliphatic rings. The predicted octanol–water partition coefficient (Wildman–Crippen LogP) is 5.08. The first-order valence-corrected chi connectivity index (χ1v) is 7.98. The van der Waals surface area contributed by atoms with Gasteiger partial charge in [0.1, 0.15) is 5.60 Å². The van der Waals surface area contributed by atoms with Gasteiger partial charge in [0.2, 0.25) is 0 Å². The van der Waals surface area contributed by atoms with Crippen LogP contribution in [-0.4, -0.2) is 18.2 Å². The Morgan fingerprint density at radius 3 is 2.65 bits per heavy atom. The van der Waals surface area contributed by atoms with Crippen LogP contribution >= 0.6 is 0 Å². The van der Waals surface area contributed by atoms with E-state index in [1.807, 2.05) is 20.8 Å². The molecule has 3 heteroatoms. The molecule has 0 heterocycles. The number of aryl methyl sites for hydroxylation is 1. The molecule has 2 aromatic rings. The summed E-state index contributed by atoms with van der Waals surface area (Å²) in [6.07, 6.45) is 4.62. The number of fused-ring (bicyclic) bond motifs is 1. The summed E-state index contributed by atoms with van der Waals surface area (Å²) < 4.78 is 5.21. The molecule has 1 amide bonds. The lowest BCUT2D eigenvalue weighted by atomic mass is 9.99. The fourth-order valence-electron chi connectivity index (χ4n) is 2.40. The van der Waals surface area contributed by atoms with Crippen LogP contribution in [-0.2, 0) is 4.74 Å². The number of ether oxygens (including phenoxy) is 1. The highest BCUT2D eigenvalue weighted by atomic mass is 16.6. The Labute approximate surface area is 138 Å². The summed E-state index contributed by atoms with van der Waals surface area (Å²) in [5, 5.41) is 5.26. The molecule has 0 aliphatic heterocycles. The molecule has 1 N–H and O–H groups in total. The van der Waals surface area contributed by atoms with Crippen LogP contribution < -0.4 is 5.32 Å². The molecule has 0 unspecified atom stereocenters. The van der Waals surface area contributed by atoms with Crippen LogP contribution in [0.1, 0.15) is 38.3 Å². The van der Waals surface area contributed by atoms with Crippen molar-refractivity contribution in [1.29, 1.82) is 0 Å². The maximum Gasteiger partial charge on any atom is 0.407 e. The van der Waals surface area contributed by atoms with Gasteiger partial charge in [-0.25, -0.2) is 4.79 Å². The average molecular weight is 311 g/mol. The minimum Gasteiger partial charge on any atom is -0.444 e. The summed E-state index contributed by atoms with van der Waals surface area (Å²) in [5.74, 6) is 0. The van der Waals surface area contributed by atoms with Gasteiger partial charge >= 0.3 is 6.09 Å². The van der Waals surface area contributed by atoms with Gasteiger partial charge < -0.3 is 10.1 Å².